The van der Waals surface area contributed by atoms with Crippen molar-refractivity contribution in [3.8, 4) is 10.6 Å². The Kier molecular flexibility index (Phi) is 3.72. The Labute approximate surface area is 129 Å². The Morgan fingerprint density at radius 1 is 1.23 bits per heavy atom. The third-order valence-electron chi connectivity index (χ3n) is 3.09. The molecule has 0 saturated carbocycles. The number of aromatic nitrogens is 2. The molecule has 0 aliphatic carbocycles. The fraction of sp³-hybridized carbons (Fsp3) is 0.0667. The SMILES string of the molecule is Cn1nc(C(=O)Nc2c(F)cccc2F)cc1-c1cccs1. The van der Waals surface area contributed by atoms with Crippen LogP contribution in [0.4, 0.5) is 14.5 Å². The van der Waals surface area contributed by atoms with Crippen LogP contribution in [0.5, 0.6) is 0 Å². The van der Waals surface area contributed by atoms with E-state index in [1.54, 1.807) is 17.8 Å². The predicted octanol–water partition coefficient (Wildman–Crippen LogP) is 3.68. The zero-order valence-corrected chi connectivity index (χ0v) is 12.3. The number of amides is 1. The van der Waals surface area contributed by atoms with E-state index in [1.807, 2.05) is 17.5 Å². The van der Waals surface area contributed by atoms with E-state index in [1.165, 1.54) is 17.4 Å². The molecule has 22 heavy (non-hydrogen) atoms. The van der Waals surface area contributed by atoms with Crippen LogP contribution in [0.3, 0.4) is 0 Å². The molecule has 0 bridgehead atoms. The fourth-order valence-corrected chi connectivity index (χ4v) is 2.80. The second-order valence-electron chi connectivity index (χ2n) is 4.57. The number of thiophene rings is 1. The maximum absolute atomic E-state index is 13.6. The molecule has 0 fully saturated rings. The molecule has 0 aliphatic heterocycles. The molecular weight excluding hydrogens is 308 g/mol. The summed E-state index contributed by atoms with van der Waals surface area (Å²) in [5, 5.41) is 8.22. The fourth-order valence-electron chi connectivity index (χ4n) is 2.03. The van der Waals surface area contributed by atoms with Crippen LogP contribution in [0.25, 0.3) is 10.6 Å². The van der Waals surface area contributed by atoms with E-state index < -0.39 is 23.2 Å². The van der Waals surface area contributed by atoms with Crippen LogP contribution in [0, 0.1) is 11.6 Å². The van der Waals surface area contributed by atoms with Crippen molar-refractivity contribution in [1.82, 2.24) is 9.78 Å². The summed E-state index contributed by atoms with van der Waals surface area (Å²) in [6.07, 6.45) is 0. The first-order chi connectivity index (χ1) is 10.6. The smallest absolute Gasteiger partial charge is 0.276 e. The molecule has 0 radical (unpaired) electrons. The van der Waals surface area contributed by atoms with Gasteiger partial charge in [0.15, 0.2) is 5.69 Å². The molecule has 2 heterocycles. The van der Waals surface area contributed by atoms with Gasteiger partial charge < -0.3 is 5.32 Å². The van der Waals surface area contributed by atoms with Gasteiger partial charge in [-0.2, -0.15) is 5.10 Å². The molecule has 2 aromatic heterocycles. The summed E-state index contributed by atoms with van der Waals surface area (Å²) >= 11 is 1.51. The Morgan fingerprint density at radius 3 is 2.59 bits per heavy atom. The lowest BCUT2D eigenvalue weighted by atomic mass is 10.2. The first-order valence-electron chi connectivity index (χ1n) is 6.39. The predicted molar refractivity (Wildman–Crippen MR) is 80.8 cm³/mol. The van der Waals surface area contributed by atoms with Crippen molar-refractivity contribution < 1.29 is 13.6 Å². The number of para-hydroxylation sites is 1. The normalized spacial score (nSPS) is 10.7. The lowest BCUT2D eigenvalue weighted by Gasteiger charge is -2.05. The van der Waals surface area contributed by atoms with Crippen molar-refractivity contribution in [2.45, 2.75) is 0 Å². The second kappa shape index (κ2) is 5.69. The van der Waals surface area contributed by atoms with Crippen LogP contribution in [-0.2, 0) is 7.05 Å². The minimum atomic E-state index is -0.831. The average Bonchev–Trinajstić information content (AvgIpc) is 3.11. The van der Waals surface area contributed by atoms with Gasteiger partial charge in [-0.25, -0.2) is 8.78 Å². The van der Waals surface area contributed by atoms with Crippen LogP contribution < -0.4 is 5.32 Å². The molecule has 112 valence electrons. The van der Waals surface area contributed by atoms with Gasteiger partial charge in [-0.3, -0.25) is 9.48 Å². The topological polar surface area (TPSA) is 46.9 Å². The summed E-state index contributed by atoms with van der Waals surface area (Å²) in [5.41, 5.74) is 0.374. The molecule has 1 N–H and O–H groups in total. The van der Waals surface area contributed by atoms with E-state index in [0.29, 0.717) is 0 Å². The quantitative estimate of drug-likeness (QED) is 0.800. The van der Waals surface area contributed by atoms with Gasteiger partial charge in [0.2, 0.25) is 0 Å². The minimum Gasteiger partial charge on any atom is -0.316 e. The maximum Gasteiger partial charge on any atom is 0.276 e. The highest BCUT2D eigenvalue weighted by Crippen LogP contribution is 2.25. The van der Waals surface area contributed by atoms with Gasteiger partial charge in [0.25, 0.3) is 5.91 Å². The lowest BCUT2D eigenvalue weighted by molar-refractivity contribution is 0.102. The summed E-state index contributed by atoms with van der Waals surface area (Å²) < 4.78 is 28.7. The van der Waals surface area contributed by atoms with Gasteiger partial charge in [0.05, 0.1) is 10.6 Å². The number of hydrogen-bond acceptors (Lipinski definition) is 3. The van der Waals surface area contributed by atoms with Crippen LogP contribution >= 0.6 is 11.3 Å². The number of benzene rings is 1. The van der Waals surface area contributed by atoms with E-state index in [2.05, 4.69) is 10.4 Å². The van der Waals surface area contributed by atoms with Crippen molar-refractivity contribution in [2.75, 3.05) is 5.32 Å². The number of rotatable bonds is 3. The number of carbonyl (C=O) groups excluding carboxylic acids is 1. The van der Waals surface area contributed by atoms with Crippen molar-refractivity contribution >= 4 is 22.9 Å². The molecule has 1 aromatic carbocycles. The van der Waals surface area contributed by atoms with E-state index in [9.17, 15) is 13.6 Å². The molecular formula is C15H11F2N3OS. The van der Waals surface area contributed by atoms with Crippen molar-refractivity contribution in [1.29, 1.82) is 0 Å². The van der Waals surface area contributed by atoms with Crippen LogP contribution in [0.1, 0.15) is 10.5 Å². The number of nitrogens with zero attached hydrogens (tertiary/aromatic N) is 2. The number of hydrogen-bond donors (Lipinski definition) is 1. The average molecular weight is 319 g/mol. The van der Waals surface area contributed by atoms with Crippen LogP contribution in [-0.4, -0.2) is 15.7 Å². The van der Waals surface area contributed by atoms with E-state index in [0.717, 1.165) is 22.7 Å². The molecule has 4 nitrogen and oxygen atoms in total. The Bertz CT molecular complexity index is 807. The molecule has 0 aliphatic rings. The molecule has 0 saturated heterocycles. The van der Waals surface area contributed by atoms with Gasteiger partial charge in [-0.1, -0.05) is 12.1 Å². The number of halogens is 2. The summed E-state index contributed by atoms with van der Waals surface area (Å²) in [7, 11) is 1.70. The highest BCUT2D eigenvalue weighted by molar-refractivity contribution is 7.13. The highest BCUT2D eigenvalue weighted by Gasteiger charge is 2.17. The largest absolute Gasteiger partial charge is 0.316 e. The van der Waals surface area contributed by atoms with E-state index >= 15 is 0 Å². The number of anilines is 1. The number of aryl methyl sites for hydroxylation is 1. The summed E-state index contributed by atoms with van der Waals surface area (Å²) in [6.45, 7) is 0. The van der Waals surface area contributed by atoms with E-state index in [4.69, 9.17) is 0 Å². The highest BCUT2D eigenvalue weighted by atomic mass is 32.1. The van der Waals surface area contributed by atoms with Crippen LogP contribution in [0.2, 0.25) is 0 Å². The molecule has 1 amide bonds. The zero-order valence-electron chi connectivity index (χ0n) is 11.5. The molecule has 3 rings (SSSR count). The van der Waals surface area contributed by atoms with Gasteiger partial charge in [-0.05, 0) is 29.6 Å². The van der Waals surface area contributed by atoms with Crippen molar-refractivity contribution in [3.05, 3.63) is 59.1 Å². The van der Waals surface area contributed by atoms with Crippen molar-refractivity contribution in [2.24, 2.45) is 7.05 Å². The second-order valence-corrected chi connectivity index (χ2v) is 5.51. The maximum atomic E-state index is 13.6. The first kappa shape index (κ1) is 14.4. The van der Waals surface area contributed by atoms with Gasteiger partial charge in [0, 0.05) is 7.05 Å². The molecule has 7 heteroatoms. The summed E-state index contributed by atoms with van der Waals surface area (Å²) in [6, 6.07) is 8.76. The monoisotopic (exact) mass is 319 g/mol. The minimum absolute atomic E-state index is 0.0913. The standard InChI is InChI=1S/C15H11F2N3OS/c1-20-12(13-6-3-7-22-13)8-11(19-20)15(21)18-14-9(16)4-2-5-10(14)17/h2-8H,1H3,(H,18,21). The number of nitrogens with one attached hydrogen (secondary N) is 1. The molecule has 0 spiro atoms. The summed E-state index contributed by atoms with van der Waals surface area (Å²) in [5.74, 6) is -2.33. The third kappa shape index (κ3) is 2.62. The molecule has 0 unspecified atom stereocenters. The first-order valence-corrected chi connectivity index (χ1v) is 7.27. The van der Waals surface area contributed by atoms with Gasteiger partial charge >= 0.3 is 0 Å². The zero-order chi connectivity index (χ0) is 15.7. The molecule has 0 atom stereocenters. The Balaban J connectivity index is 1.89. The summed E-state index contributed by atoms with van der Waals surface area (Å²) in [4.78, 5) is 13.1. The van der Waals surface area contributed by atoms with Gasteiger partial charge in [-0.15, -0.1) is 11.3 Å². The lowest BCUT2D eigenvalue weighted by Crippen LogP contribution is -2.15. The van der Waals surface area contributed by atoms with Crippen molar-refractivity contribution in [3.63, 3.8) is 0 Å². The Morgan fingerprint density at radius 2 is 1.95 bits per heavy atom. The molecule has 3 aromatic rings. The van der Waals surface area contributed by atoms with E-state index in [-0.39, 0.29) is 5.69 Å². The van der Waals surface area contributed by atoms with Gasteiger partial charge in [0.1, 0.15) is 17.3 Å². The Hall–Kier alpha value is -2.54. The van der Waals surface area contributed by atoms with Crippen LogP contribution in [0.15, 0.2) is 41.8 Å². The third-order valence-corrected chi connectivity index (χ3v) is 3.98. The number of carbonyl (C=O) groups is 1.